The van der Waals surface area contributed by atoms with E-state index in [1.165, 1.54) is 0 Å². The van der Waals surface area contributed by atoms with Crippen LogP contribution in [0.2, 0.25) is 10.0 Å². The van der Waals surface area contributed by atoms with Crippen molar-refractivity contribution in [3.63, 3.8) is 0 Å². The maximum atomic E-state index is 11.4. The first-order chi connectivity index (χ1) is 18.9. The van der Waals surface area contributed by atoms with Crippen molar-refractivity contribution in [3.05, 3.63) is 124 Å². The molecular weight excluding hydrogens is 535 g/mol. The second-order valence-electron chi connectivity index (χ2n) is 9.13. The Balaban J connectivity index is 1.53. The molecule has 0 saturated carbocycles. The highest BCUT2D eigenvalue weighted by molar-refractivity contribution is 6.30. The fraction of sp³-hybridized carbons (Fsp3) is 0.194. The highest BCUT2D eigenvalue weighted by Gasteiger charge is 2.18. The van der Waals surface area contributed by atoms with Crippen molar-refractivity contribution < 1.29 is 19.4 Å². The summed E-state index contributed by atoms with van der Waals surface area (Å²) in [7, 11) is 0. The number of hydrogen-bond acceptors (Lipinski definition) is 5. The van der Waals surface area contributed by atoms with Gasteiger partial charge >= 0.3 is 5.97 Å². The molecule has 0 radical (unpaired) electrons. The number of carboxylic acid groups (broad SMARTS) is 1. The van der Waals surface area contributed by atoms with Crippen molar-refractivity contribution in [1.82, 2.24) is 4.90 Å². The molecule has 39 heavy (non-hydrogen) atoms. The Bertz CT molecular complexity index is 1360. The van der Waals surface area contributed by atoms with E-state index < -0.39 is 12.0 Å². The van der Waals surface area contributed by atoms with Gasteiger partial charge in [0.25, 0.3) is 0 Å². The lowest BCUT2D eigenvalue weighted by molar-refractivity contribution is -0.138. The molecule has 0 aliphatic heterocycles. The van der Waals surface area contributed by atoms with Crippen molar-refractivity contribution in [2.45, 2.75) is 32.2 Å². The van der Waals surface area contributed by atoms with E-state index in [1.54, 1.807) is 12.1 Å². The van der Waals surface area contributed by atoms with Gasteiger partial charge in [-0.15, -0.1) is 0 Å². The van der Waals surface area contributed by atoms with Gasteiger partial charge in [-0.1, -0.05) is 71.7 Å². The number of rotatable bonds is 13. The number of carboxylic acids is 1. The van der Waals surface area contributed by atoms with E-state index in [-0.39, 0.29) is 0 Å². The number of halogens is 2. The number of nitrogens with zero attached hydrogens (tertiary/aromatic N) is 1. The van der Waals surface area contributed by atoms with Gasteiger partial charge in [0.1, 0.15) is 29.9 Å². The molecule has 202 valence electrons. The fourth-order valence-corrected chi connectivity index (χ4v) is 4.27. The van der Waals surface area contributed by atoms with Crippen LogP contribution < -0.4 is 15.2 Å². The van der Waals surface area contributed by atoms with E-state index in [0.717, 1.165) is 22.4 Å². The molecule has 8 heteroatoms. The van der Waals surface area contributed by atoms with Crippen LogP contribution in [0, 0.1) is 0 Å². The third-order valence-corrected chi connectivity index (χ3v) is 6.66. The highest BCUT2D eigenvalue weighted by atomic mass is 35.5. The van der Waals surface area contributed by atoms with Crippen LogP contribution in [0.1, 0.15) is 23.1 Å². The van der Waals surface area contributed by atoms with Gasteiger partial charge in [0, 0.05) is 40.8 Å². The highest BCUT2D eigenvalue weighted by Crippen LogP contribution is 2.29. The predicted molar refractivity (Wildman–Crippen MR) is 155 cm³/mol. The van der Waals surface area contributed by atoms with E-state index in [9.17, 15) is 9.90 Å². The van der Waals surface area contributed by atoms with Crippen molar-refractivity contribution in [3.8, 4) is 17.2 Å². The number of ether oxygens (including phenoxy) is 2. The fourth-order valence-electron chi connectivity index (χ4n) is 4.02. The summed E-state index contributed by atoms with van der Waals surface area (Å²) < 4.78 is 12.3. The summed E-state index contributed by atoms with van der Waals surface area (Å²) in [6, 6.07) is 29.4. The molecule has 0 fully saturated rings. The van der Waals surface area contributed by atoms with E-state index in [0.29, 0.717) is 54.2 Å². The van der Waals surface area contributed by atoms with Crippen LogP contribution in [0.4, 0.5) is 0 Å². The number of para-hydroxylation sites is 2. The summed E-state index contributed by atoms with van der Waals surface area (Å²) in [5, 5.41) is 10.6. The van der Waals surface area contributed by atoms with Gasteiger partial charge in [-0.3, -0.25) is 9.69 Å². The second kappa shape index (κ2) is 14.0. The number of benzene rings is 4. The van der Waals surface area contributed by atoms with Gasteiger partial charge in [-0.2, -0.15) is 0 Å². The molecule has 4 rings (SSSR count). The first-order valence-corrected chi connectivity index (χ1v) is 13.3. The molecule has 0 aliphatic rings. The number of hydrogen-bond donors (Lipinski definition) is 2. The third-order valence-electron chi connectivity index (χ3n) is 6.16. The van der Waals surface area contributed by atoms with Crippen LogP contribution in [-0.2, 0) is 24.5 Å². The zero-order valence-corrected chi connectivity index (χ0v) is 22.8. The van der Waals surface area contributed by atoms with Crippen LogP contribution in [0.5, 0.6) is 17.2 Å². The molecule has 3 N–H and O–H groups in total. The van der Waals surface area contributed by atoms with Gasteiger partial charge in [0.15, 0.2) is 0 Å². The average Bonchev–Trinajstić information content (AvgIpc) is 2.94. The topological polar surface area (TPSA) is 85.0 Å². The smallest absolute Gasteiger partial charge is 0.320 e. The summed E-state index contributed by atoms with van der Waals surface area (Å²) >= 11 is 12.0. The first kappa shape index (κ1) is 28.5. The Morgan fingerprint density at radius 3 is 1.95 bits per heavy atom. The average molecular weight is 565 g/mol. The first-order valence-electron chi connectivity index (χ1n) is 12.5. The van der Waals surface area contributed by atoms with E-state index in [4.69, 9.17) is 38.4 Å². The maximum absolute atomic E-state index is 11.4. The standard InChI is InChI=1S/C31H30Cl2N2O4/c32-25-11-9-22(10-12-25)21-38-29-7-3-1-5-23(29)19-35(18-17-28(34)31(36)37)20-24-6-2-4-8-30(24)39-27-15-13-26(33)14-16-27/h1-16,28H,17-21,34H2,(H,36,37)/t28-/m0/s1. The zero-order valence-electron chi connectivity index (χ0n) is 21.3. The van der Waals surface area contributed by atoms with Crippen LogP contribution in [-0.4, -0.2) is 28.6 Å². The van der Waals surface area contributed by atoms with Crippen LogP contribution in [0.25, 0.3) is 0 Å². The number of aliphatic carboxylic acids is 1. The van der Waals surface area contributed by atoms with Crippen molar-refractivity contribution >= 4 is 29.2 Å². The van der Waals surface area contributed by atoms with E-state index in [2.05, 4.69) is 4.90 Å². The molecule has 0 bridgehead atoms. The normalized spacial score (nSPS) is 11.8. The minimum absolute atomic E-state index is 0.295. The minimum atomic E-state index is -1.02. The van der Waals surface area contributed by atoms with Gasteiger partial charge in [0.05, 0.1) is 0 Å². The lowest BCUT2D eigenvalue weighted by Gasteiger charge is -2.25. The molecule has 4 aromatic rings. The molecule has 0 unspecified atom stereocenters. The van der Waals surface area contributed by atoms with Crippen molar-refractivity contribution in [1.29, 1.82) is 0 Å². The van der Waals surface area contributed by atoms with Gasteiger partial charge in [-0.25, -0.2) is 0 Å². The van der Waals surface area contributed by atoms with Crippen LogP contribution in [0.15, 0.2) is 97.1 Å². The van der Waals surface area contributed by atoms with Crippen LogP contribution in [0.3, 0.4) is 0 Å². The SMILES string of the molecule is N[C@@H](CCN(Cc1ccccc1OCc1ccc(Cl)cc1)Cc1ccccc1Oc1ccc(Cl)cc1)C(=O)O. The van der Waals surface area contributed by atoms with Gasteiger partial charge in [-0.05, 0) is 60.5 Å². The summed E-state index contributed by atoms with van der Waals surface area (Å²) in [6.45, 7) is 1.91. The number of carbonyl (C=O) groups is 1. The van der Waals surface area contributed by atoms with Crippen LogP contribution >= 0.6 is 23.2 Å². The minimum Gasteiger partial charge on any atom is -0.489 e. The molecule has 0 aliphatic carbocycles. The quantitative estimate of drug-likeness (QED) is 0.179. The monoisotopic (exact) mass is 564 g/mol. The lowest BCUT2D eigenvalue weighted by Crippen LogP contribution is -2.35. The Kier molecular flexibility index (Phi) is 10.2. The summed E-state index contributed by atoms with van der Waals surface area (Å²) in [5.74, 6) is 1.12. The molecule has 0 amide bonds. The molecule has 0 aromatic heterocycles. The van der Waals surface area contributed by atoms with Crippen molar-refractivity contribution in [2.75, 3.05) is 6.54 Å². The Labute approximate surface area is 238 Å². The van der Waals surface area contributed by atoms with Gasteiger partial charge < -0.3 is 20.3 Å². The van der Waals surface area contributed by atoms with E-state index in [1.807, 2.05) is 84.9 Å². The zero-order chi connectivity index (χ0) is 27.6. The molecule has 4 aromatic carbocycles. The second-order valence-corrected chi connectivity index (χ2v) is 10.0. The van der Waals surface area contributed by atoms with Crippen molar-refractivity contribution in [2.24, 2.45) is 5.73 Å². The summed E-state index contributed by atoms with van der Waals surface area (Å²) in [4.78, 5) is 13.6. The maximum Gasteiger partial charge on any atom is 0.320 e. The van der Waals surface area contributed by atoms with Gasteiger partial charge in [0.2, 0.25) is 0 Å². The summed E-state index contributed by atoms with van der Waals surface area (Å²) in [5.41, 5.74) is 8.79. The van der Waals surface area contributed by atoms with E-state index >= 15 is 0 Å². The molecule has 0 heterocycles. The summed E-state index contributed by atoms with van der Waals surface area (Å²) in [6.07, 6.45) is 0.295. The molecule has 6 nitrogen and oxygen atoms in total. The third kappa shape index (κ3) is 8.73. The lowest BCUT2D eigenvalue weighted by atomic mass is 10.1. The Hall–Kier alpha value is -3.55. The predicted octanol–water partition coefficient (Wildman–Crippen LogP) is 7.17. The number of nitrogens with two attached hydrogens (primary N) is 1. The molecule has 0 saturated heterocycles. The largest absolute Gasteiger partial charge is 0.489 e. The Morgan fingerprint density at radius 1 is 0.795 bits per heavy atom. The molecule has 0 spiro atoms. The molecule has 1 atom stereocenters. The Morgan fingerprint density at radius 2 is 1.33 bits per heavy atom. The molecular formula is C31H30Cl2N2O4.